The average molecular weight is 316 g/mol. The van der Waals surface area contributed by atoms with Gasteiger partial charge in [0, 0.05) is 26.2 Å². The van der Waals surface area contributed by atoms with Crippen LogP contribution in [0.4, 0.5) is 0 Å². The fraction of sp³-hybridized carbons (Fsp3) is 0.500. The highest BCUT2D eigenvalue weighted by Gasteiger charge is 2.16. The lowest BCUT2D eigenvalue weighted by atomic mass is 10.0. The first kappa shape index (κ1) is 17.5. The number of benzene rings is 1. The number of nitrogens with one attached hydrogen (secondary N) is 1. The Hall–Kier alpha value is -1.85. The number of methoxy groups -OCH3 is 1. The van der Waals surface area contributed by atoms with Crippen LogP contribution in [0.15, 0.2) is 24.3 Å². The van der Waals surface area contributed by atoms with Crippen molar-refractivity contribution in [1.82, 2.24) is 20.0 Å². The van der Waals surface area contributed by atoms with E-state index in [1.165, 1.54) is 11.1 Å². The quantitative estimate of drug-likeness (QED) is 0.852. The van der Waals surface area contributed by atoms with Crippen molar-refractivity contribution >= 4 is 0 Å². The van der Waals surface area contributed by atoms with Crippen molar-refractivity contribution in [3.63, 3.8) is 0 Å². The normalized spacial score (nSPS) is 12.7. The van der Waals surface area contributed by atoms with E-state index in [0.717, 1.165) is 30.2 Å². The number of likely N-dealkylation sites (N-methyl/N-ethyl adjacent to an activating group) is 1. The van der Waals surface area contributed by atoms with E-state index in [4.69, 9.17) is 4.74 Å². The van der Waals surface area contributed by atoms with Gasteiger partial charge in [-0.05, 0) is 33.5 Å². The Morgan fingerprint density at radius 2 is 1.87 bits per heavy atom. The predicted octanol–water partition coefficient (Wildman–Crippen LogP) is 2.44. The highest BCUT2D eigenvalue weighted by molar-refractivity contribution is 5.31. The van der Waals surface area contributed by atoms with Crippen molar-refractivity contribution in [2.24, 2.45) is 7.05 Å². The molecule has 5 heteroatoms. The molecule has 0 bridgehead atoms. The number of rotatable bonds is 7. The third-order valence-corrected chi connectivity index (χ3v) is 4.21. The molecule has 2 rings (SSSR count). The third-order valence-electron chi connectivity index (χ3n) is 4.21. The second kappa shape index (κ2) is 7.62. The van der Waals surface area contributed by atoms with Gasteiger partial charge in [-0.1, -0.05) is 29.8 Å². The smallest absolute Gasteiger partial charge is 0.216 e. The molecular weight excluding hydrogens is 288 g/mol. The minimum Gasteiger partial charge on any atom is -0.481 e. The molecule has 5 nitrogen and oxygen atoms in total. The lowest BCUT2D eigenvalue weighted by Crippen LogP contribution is -2.31. The molecule has 0 saturated carbocycles. The molecule has 1 heterocycles. The van der Waals surface area contributed by atoms with E-state index < -0.39 is 0 Å². The molecule has 0 aliphatic rings. The topological polar surface area (TPSA) is 42.3 Å². The van der Waals surface area contributed by atoms with Gasteiger partial charge in [-0.3, -0.25) is 0 Å². The first-order chi connectivity index (χ1) is 10.9. The first-order valence-electron chi connectivity index (χ1n) is 7.94. The molecule has 0 aliphatic carbocycles. The predicted molar refractivity (Wildman–Crippen MR) is 93.8 cm³/mol. The SMILES string of the molecule is COc1c(CNC[C@@H](c2ccc(C)cc2)N(C)C)c(C)nn1C. The molecule has 1 N–H and O–H groups in total. The zero-order valence-corrected chi connectivity index (χ0v) is 15.1. The third kappa shape index (κ3) is 4.12. The van der Waals surface area contributed by atoms with Crippen LogP contribution in [0.5, 0.6) is 5.88 Å². The molecule has 2 aromatic rings. The molecule has 23 heavy (non-hydrogen) atoms. The van der Waals surface area contributed by atoms with Crippen LogP contribution in [0.2, 0.25) is 0 Å². The van der Waals surface area contributed by atoms with E-state index in [1.54, 1.807) is 11.8 Å². The summed E-state index contributed by atoms with van der Waals surface area (Å²) in [7, 11) is 7.82. The summed E-state index contributed by atoms with van der Waals surface area (Å²) in [6.45, 7) is 5.75. The van der Waals surface area contributed by atoms with Crippen LogP contribution in [0.1, 0.15) is 28.4 Å². The summed E-state index contributed by atoms with van der Waals surface area (Å²) in [6, 6.07) is 9.08. The van der Waals surface area contributed by atoms with Gasteiger partial charge in [0.15, 0.2) is 0 Å². The number of hydrogen-bond donors (Lipinski definition) is 1. The van der Waals surface area contributed by atoms with Gasteiger partial charge in [0.25, 0.3) is 0 Å². The molecule has 0 unspecified atom stereocenters. The molecule has 0 saturated heterocycles. The zero-order chi connectivity index (χ0) is 17.0. The van der Waals surface area contributed by atoms with Gasteiger partial charge in [-0.15, -0.1) is 0 Å². The van der Waals surface area contributed by atoms with Crippen LogP contribution >= 0.6 is 0 Å². The zero-order valence-electron chi connectivity index (χ0n) is 15.1. The van der Waals surface area contributed by atoms with Crippen LogP contribution in [0.3, 0.4) is 0 Å². The summed E-state index contributed by atoms with van der Waals surface area (Å²) < 4.78 is 7.24. The van der Waals surface area contributed by atoms with Gasteiger partial charge < -0.3 is 15.0 Å². The largest absolute Gasteiger partial charge is 0.481 e. The summed E-state index contributed by atoms with van der Waals surface area (Å²) >= 11 is 0. The van der Waals surface area contributed by atoms with Crippen LogP contribution in [0.25, 0.3) is 0 Å². The highest BCUT2D eigenvalue weighted by atomic mass is 16.5. The maximum absolute atomic E-state index is 5.45. The Labute approximate surface area is 139 Å². The molecule has 1 aromatic heterocycles. The molecule has 1 atom stereocenters. The van der Waals surface area contributed by atoms with E-state index in [1.807, 2.05) is 14.0 Å². The van der Waals surface area contributed by atoms with Crippen molar-refractivity contribution in [3.05, 3.63) is 46.6 Å². The van der Waals surface area contributed by atoms with Crippen molar-refractivity contribution in [3.8, 4) is 5.88 Å². The lowest BCUT2D eigenvalue weighted by Gasteiger charge is -2.25. The van der Waals surface area contributed by atoms with E-state index in [-0.39, 0.29) is 0 Å². The summed E-state index contributed by atoms with van der Waals surface area (Å²) in [5, 5.41) is 7.97. The monoisotopic (exact) mass is 316 g/mol. The highest BCUT2D eigenvalue weighted by Crippen LogP contribution is 2.22. The minimum absolute atomic E-state index is 0.332. The van der Waals surface area contributed by atoms with Gasteiger partial charge in [-0.2, -0.15) is 5.10 Å². The Kier molecular flexibility index (Phi) is 5.80. The molecule has 1 aromatic carbocycles. The molecule has 0 fully saturated rings. The lowest BCUT2D eigenvalue weighted by molar-refractivity contribution is 0.287. The molecule has 0 radical (unpaired) electrons. The molecule has 0 amide bonds. The van der Waals surface area contributed by atoms with E-state index >= 15 is 0 Å². The van der Waals surface area contributed by atoms with Crippen molar-refractivity contribution in [2.45, 2.75) is 26.4 Å². The summed E-state index contributed by atoms with van der Waals surface area (Å²) in [6.07, 6.45) is 0. The van der Waals surface area contributed by atoms with E-state index in [2.05, 4.69) is 60.6 Å². The summed E-state index contributed by atoms with van der Waals surface area (Å²) in [5.74, 6) is 0.826. The van der Waals surface area contributed by atoms with E-state index in [0.29, 0.717) is 6.04 Å². The van der Waals surface area contributed by atoms with Crippen LogP contribution in [0, 0.1) is 13.8 Å². The van der Waals surface area contributed by atoms with Crippen molar-refractivity contribution < 1.29 is 4.74 Å². The standard InChI is InChI=1S/C18H28N4O/c1-13-7-9-15(10-8-13)17(21(3)4)12-19-11-16-14(2)20-22(5)18(16)23-6/h7-10,17,19H,11-12H2,1-6H3/t17-/m0/s1. The number of ether oxygens (including phenoxy) is 1. The van der Waals surface area contributed by atoms with Gasteiger partial charge in [0.05, 0.1) is 18.4 Å². The van der Waals surface area contributed by atoms with E-state index in [9.17, 15) is 0 Å². The van der Waals surface area contributed by atoms with Crippen LogP contribution in [-0.4, -0.2) is 42.4 Å². The fourth-order valence-electron chi connectivity index (χ4n) is 2.86. The van der Waals surface area contributed by atoms with Crippen LogP contribution in [-0.2, 0) is 13.6 Å². The number of aromatic nitrogens is 2. The molecule has 0 spiro atoms. The summed E-state index contributed by atoms with van der Waals surface area (Å²) in [5.41, 5.74) is 4.74. The number of hydrogen-bond acceptors (Lipinski definition) is 4. The van der Waals surface area contributed by atoms with Gasteiger partial charge in [0.2, 0.25) is 5.88 Å². The summed E-state index contributed by atoms with van der Waals surface area (Å²) in [4.78, 5) is 2.24. The van der Waals surface area contributed by atoms with Crippen molar-refractivity contribution in [1.29, 1.82) is 0 Å². The van der Waals surface area contributed by atoms with Gasteiger partial charge in [0.1, 0.15) is 0 Å². The Morgan fingerprint density at radius 1 is 1.22 bits per heavy atom. The first-order valence-corrected chi connectivity index (χ1v) is 7.94. The maximum atomic E-state index is 5.45. The fourth-order valence-corrected chi connectivity index (χ4v) is 2.86. The Balaban J connectivity index is 2.04. The Morgan fingerprint density at radius 3 is 2.43 bits per heavy atom. The Bertz CT molecular complexity index is 631. The van der Waals surface area contributed by atoms with Crippen LogP contribution < -0.4 is 10.1 Å². The maximum Gasteiger partial charge on any atom is 0.216 e. The second-order valence-electron chi connectivity index (χ2n) is 6.22. The van der Waals surface area contributed by atoms with Gasteiger partial charge >= 0.3 is 0 Å². The average Bonchev–Trinajstić information content (AvgIpc) is 2.78. The molecule has 126 valence electrons. The molecular formula is C18H28N4O. The van der Waals surface area contributed by atoms with Crippen molar-refractivity contribution in [2.75, 3.05) is 27.7 Å². The van der Waals surface area contributed by atoms with Gasteiger partial charge in [-0.25, -0.2) is 4.68 Å². The minimum atomic E-state index is 0.332. The number of aryl methyl sites for hydroxylation is 3. The second-order valence-corrected chi connectivity index (χ2v) is 6.22. The number of nitrogens with zero attached hydrogens (tertiary/aromatic N) is 3. The molecule has 0 aliphatic heterocycles.